The maximum atomic E-state index is 12.4. The number of esters is 1. The molecule has 212 valence electrons. The van der Waals surface area contributed by atoms with Crippen LogP contribution in [0.5, 0.6) is 11.5 Å². The third-order valence-corrected chi connectivity index (χ3v) is 6.60. The van der Waals surface area contributed by atoms with Gasteiger partial charge in [-0.15, -0.1) is 0 Å². The molecule has 0 spiro atoms. The highest BCUT2D eigenvalue weighted by Crippen LogP contribution is 2.38. The summed E-state index contributed by atoms with van der Waals surface area (Å²) in [5.74, 6) is 0.854. The van der Waals surface area contributed by atoms with Gasteiger partial charge in [0.25, 0.3) is 0 Å². The molecule has 3 aromatic rings. The van der Waals surface area contributed by atoms with Crippen molar-refractivity contribution in [1.29, 1.82) is 0 Å². The lowest BCUT2D eigenvalue weighted by Gasteiger charge is -2.36. The van der Waals surface area contributed by atoms with Crippen LogP contribution in [0.15, 0.2) is 54.7 Å². The van der Waals surface area contributed by atoms with Crippen molar-refractivity contribution in [1.82, 2.24) is 9.88 Å². The fraction of sp³-hybridized carbons (Fsp3) is 0.367. The number of methoxy groups -OCH3 is 1. The lowest BCUT2D eigenvalue weighted by Crippen LogP contribution is -2.50. The molecule has 1 aromatic heterocycles. The largest absolute Gasteiger partial charge is 0.465 e. The number of anilines is 2. The first-order valence-electron chi connectivity index (χ1n) is 13.2. The number of nitrogens with zero attached hydrogens (tertiary/aromatic N) is 3. The number of carbonyl (C=O) groups is 2. The number of carbonyl (C=O) groups excluding carboxylic acids is 2. The smallest absolute Gasteiger partial charge is 0.410 e. The number of halogens is 1. The zero-order valence-corrected chi connectivity index (χ0v) is 24.2. The Bertz CT molecular complexity index is 1350. The first kappa shape index (κ1) is 29.0. The third kappa shape index (κ3) is 6.96. The average Bonchev–Trinajstić information content (AvgIpc) is 2.93. The summed E-state index contributed by atoms with van der Waals surface area (Å²) < 4.78 is 16.6. The van der Waals surface area contributed by atoms with E-state index in [4.69, 9.17) is 25.8 Å². The highest BCUT2D eigenvalue weighted by Gasteiger charge is 2.26. The Hall–Kier alpha value is -3.98. The lowest BCUT2D eigenvalue weighted by atomic mass is 10.0. The number of benzene rings is 2. The van der Waals surface area contributed by atoms with Crippen molar-refractivity contribution < 1.29 is 23.8 Å². The molecule has 0 unspecified atom stereocenters. The Morgan fingerprint density at radius 1 is 1.02 bits per heavy atom. The molecular formula is C30H35ClN4O5. The number of piperazine rings is 1. The molecule has 0 bridgehead atoms. The van der Waals surface area contributed by atoms with Crippen LogP contribution in [0, 0.1) is 0 Å². The van der Waals surface area contributed by atoms with E-state index in [1.807, 2.05) is 45.9 Å². The van der Waals surface area contributed by atoms with Gasteiger partial charge in [-0.2, -0.15) is 0 Å². The first-order chi connectivity index (χ1) is 19.1. The summed E-state index contributed by atoms with van der Waals surface area (Å²) in [4.78, 5) is 33.3. The molecule has 4 rings (SSSR count). The van der Waals surface area contributed by atoms with Crippen molar-refractivity contribution in [3.05, 3.63) is 65.3 Å². The minimum atomic E-state index is -0.588. The fourth-order valence-electron chi connectivity index (χ4n) is 4.36. The predicted molar refractivity (Wildman–Crippen MR) is 157 cm³/mol. The van der Waals surface area contributed by atoms with E-state index in [2.05, 4.69) is 27.3 Å². The molecule has 1 saturated heterocycles. The van der Waals surface area contributed by atoms with E-state index >= 15 is 0 Å². The van der Waals surface area contributed by atoms with Crippen LogP contribution in [-0.4, -0.2) is 67.4 Å². The molecule has 0 radical (unpaired) electrons. The number of amides is 1. The molecule has 0 saturated carbocycles. The molecule has 1 aliphatic rings. The summed E-state index contributed by atoms with van der Waals surface area (Å²) in [6.07, 6.45) is 1.35. The van der Waals surface area contributed by atoms with Gasteiger partial charge in [-0.3, -0.25) is 0 Å². The van der Waals surface area contributed by atoms with Gasteiger partial charge >= 0.3 is 12.1 Å². The van der Waals surface area contributed by atoms with Gasteiger partial charge in [0.2, 0.25) is 0 Å². The van der Waals surface area contributed by atoms with Gasteiger partial charge < -0.3 is 29.3 Å². The molecule has 2 aromatic carbocycles. The molecule has 1 N–H and O–H groups in total. The second kappa shape index (κ2) is 12.5. The standard InChI is InChI=1S/C30H35ClN4O5/c1-6-32-26-18-22(25(19-33-26)39-24-9-7-8-23(31)27(24)28(36)38-5)20-10-12-21(13-11-20)34-14-16-35(17-15-34)29(37)40-30(2,3)4/h7-13,18-19H,6,14-17H2,1-5H3,(H,32,33). The minimum absolute atomic E-state index is 0.147. The van der Waals surface area contributed by atoms with Gasteiger partial charge in [0.15, 0.2) is 5.75 Å². The van der Waals surface area contributed by atoms with Crippen LogP contribution in [0.3, 0.4) is 0 Å². The third-order valence-electron chi connectivity index (χ3n) is 6.28. The molecule has 10 heteroatoms. The van der Waals surface area contributed by atoms with E-state index in [1.165, 1.54) is 7.11 Å². The van der Waals surface area contributed by atoms with E-state index in [0.717, 1.165) is 16.8 Å². The summed E-state index contributed by atoms with van der Waals surface area (Å²) in [5.41, 5.74) is 2.39. The second-order valence-electron chi connectivity index (χ2n) is 10.3. The first-order valence-corrected chi connectivity index (χ1v) is 13.6. The minimum Gasteiger partial charge on any atom is -0.465 e. The van der Waals surface area contributed by atoms with Crippen molar-refractivity contribution in [3.8, 4) is 22.6 Å². The van der Waals surface area contributed by atoms with Crippen molar-refractivity contribution in [2.45, 2.75) is 33.3 Å². The highest BCUT2D eigenvalue weighted by molar-refractivity contribution is 6.34. The van der Waals surface area contributed by atoms with Crippen molar-refractivity contribution in [2.75, 3.05) is 50.1 Å². The quantitative estimate of drug-likeness (QED) is 0.325. The topological polar surface area (TPSA) is 93.2 Å². The van der Waals surface area contributed by atoms with Gasteiger partial charge in [-0.25, -0.2) is 14.6 Å². The molecule has 1 aliphatic heterocycles. The van der Waals surface area contributed by atoms with E-state index in [9.17, 15) is 9.59 Å². The Morgan fingerprint density at radius 2 is 1.73 bits per heavy atom. The second-order valence-corrected chi connectivity index (χ2v) is 10.7. The van der Waals surface area contributed by atoms with Gasteiger partial charge in [0.1, 0.15) is 22.7 Å². The molecular weight excluding hydrogens is 532 g/mol. The number of ether oxygens (including phenoxy) is 3. The van der Waals surface area contributed by atoms with E-state index in [-0.39, 0.29) is 22.4 Å². The predicted octanol–water partition coefficient (Wildman–Crippen LogP) is 6.47. The Kier molecular flexibility index (Phi) is 9.04. The van der Waals surface area contributed by atoms with Crippen molar-refractivity contribution >= 4 is 35.2 Å². The number of aromatic nitrogens is 1. The van der Waals surface area contributed by atoms with Crippen molar-refractivity contribution in [3.63, 3.8) is 0 Å². The molecule has 0 atom stereocenters. The molecule has 9 nitrogen and oxygen atoms in total. The molecule has 0 aliphatic carbocycles. The number of rotatable bonds is 7. The van der Waals surface area contributed by atoms with Crippen LogP contribution in [0.4, 0.5) is 16.3 Å². The maximum Gasteiger partial charge on any atom is 0.410 e. The van der Waals surface area contributed by atoms with Gasteiger partial charge in [-0.05, 0) is 63.6 Å². The summed E-state index contributed by atoms with van der Waals surface area (Å²) >= 11 is 6.30. The molecule has 1 fully saturated rings. The summed E-state index contributed by atoms with van der Waals surface area (Å²) in [6, 6.07) is 15.0. The fourth-order valence-corrected chi connectivity index (χ4v) is 4.60. The van der Waals surface area contributed by atoms with E-state index in [0.29, 0.717) is 44.3 Å². The molecule has 40 heavy (non-hydrogen) atoms. The molecule has 1 amide bonds. The van der Waals surface area contributed by atoms with Crippen LogP contribution in [0.25, 0.3) is 11.1 Å². The van der Waals surface area contributed by atoms with Crippen LogP contribution in [-0.2, 0) is 9.47 Å². The number of hydrogen-bond donors (Lipinski definition) is 1. The zero-order chi connectivity index (χ0) is 28.9. The monoisotopic (exact) mass is 566 g/mol. The van der Waals surface area contributed by atoms with Crippen LogP contribution < -0.4 is 15.0 Å². The maximum absolute atomic E-state index is 12.4. The Labute approximate surface area is 240 Å². The highest BCUT2D eigenvalue weighted by atomic mass is 35.5. The normalized spacial score (nSPS) is 13.6. The summed E-state index contributed by atoms with van der Waals surface area (Å²) in [7, 11) is 1.30. The number of pyridine rings is 1. The SMILES string of the molecule is CCNc1cc(-c2ccc(N3CCN(C(=O)OC(C)(C)C)CC3)cc2)c(Oc2cccc(Cl)c2C(=O)OC)cn1. The number of hydrogen-bond acceptors (Lipinski definition) is 8. The van der Waals surface area contributed by atoms with Crippen LogP contribution in [0.1, 0.15) is 38.1 Å². The number of nitrogens with one attached hydrogen (secondary N) is 1. The van der Waals surface area contributed by atoms with Crippen molar-refractivity contribution in [2.24, 2.45) is 0 Å². The molecule has 2 heterocycles. The Morgan fingerprint density at radius 3 is 2.35 bits per heavy atom. The summed E-state index contributed by atoms with van der Waals surface area (Å²) in [5, 5.41) is 3.47. The van der Waals surface area contributed by atoms with Gasteiger partial charge in [0, 0.05) is 44.0 Å². The average molecular weight is 567 g/mol. The van der Waals surface area contributed by atoms with Gasteiger partial charge in [-0.1, -0.05) is 29.8 Å². The van der Waals surface area contributed by atoms with E-state index in [1.54, 1.807) is 29.3 Å². The lowest BCUT2D eigenvalue weighted by molar-refractivity contribution is 0.0240. The van der Waals surface area contributed by atoms with E-state index < -0.39 is 11.6 Å². The van der Waals surface area contributed by atoms with Gasteiger partial charge in [0.05, 0.1) is 18.3 Å². The summed E-state index contributed by atoms with van der Waals surface area (Å²) in [6.45, 7) is 10.9. The van der Waals surface area contributed by atoms with Crippen LogP contribution in [0.2, 0.25) is 5.02 Å². The Balaban J connectivity index is 1.56. The zero-order valence-electron chi connectivity index (χ0n) is 23.5. The van der Waals surface area contributed by atoms with Crippen LogP contribution >= 0.6 is 11.6 Å².